The largest absolute Gasteiger partial charge is 0.487 e. The standard InChI is InChI=1S/C14H20OS/c1-2-3-12-15-14(16)11-7-10-13-8-5-4-6-9-13/h4-6,8-9H,2-3,7,10-12H2,1H3. The van der Waals surface area contributed by atoms with Crippen LogP contribution in [0.1, 0.15) is 38.2 Å². The van der Waals surface area contributed by atoms with E-state index < -0.39 is 0 Å². The summed E-state index contributed by atoms with van der Waals surface area (Å²) in [7, 11) is 0. The van der Waals surface area contributed by atoms with Gasteiger partial charge in [0, 0.05) is 6.42 Å². The molecule has 2 heteroatoms. The molecule has 0 saturated carbocycles. The quantitative estimate of drug-likeness (QED) is 0.519. The molecule has 0 atom stereocenters. The first kappa shape index (κ1) is 13.2. The maximum atomic E-state index is 5.45. The van der Waals surface area contributed by atoms with Gasteiger partial charge in [-0.2, -0.15) is 0 Å². The molecular formula is C14H20OS. The number of thiocarbonyl (C=S) groups is 1. The number of unbranched alkanes of at least 4 members (excludes halogenated alkanes) is 1. The minimum absolute atomic E-state index is 0.768. The molecule has 1 nitrogen and oxygen atoms in total. The normalized spacial score (nSPS) is 10.1. The average Bonchev–Trinajstić information content (AvgIpc) is 2.31. The van der Waals surface area contributed by atoms with E-state index in [0.29, 0.717) is 0 Å². The summed E-state index contributed by atoms with van der Waals surface area (Å²) in [4.78, 5) is 0. The van der Waals surface area contributed by atoms with Crippen LogP contribution in [0.15, 0.2) is 30.3 Å². The van der Waals surface area contributed by atoms with Crippen molar-refractivity contribution in [3.63, 3.8) is 0 Å². The highest BCUT2D eigenvalue weighted by Crippen LogP contribution is 2.06. The molecule has 0 bridgehead atoms. The van der Waals surface area contributed by atoms with E-state index in [2.05, 4.69) is 31.2 Å². The molecule has 0 aliphatic rings. The summed E-state index contributed by atoms with van der Waals surface area (Å²) in [5.74, 6) is 0. The van der Waals surface area contributed by atoms with Crippen molar-refractivity contribution in [1.29, 1.82) is 0 Å². The summed E-state index contributed by atoms with van der Waals surface area (Å²) in [6.07, 6.45) is 5.31. The monoisotopic (exact) mass is 236 g/mol. The maximum absolute atomic E-state index is 5.45. The third-order valence-electron chi connectivity index (χ3n) is 2.45. The van der Waals surface area contributed by atoms with Crippen LogP contribution >= 0.6 is 12.2 Å². The van der Waals surface area contributed by atoms with Crippen molar-refractivity contribution in [2.45, 2.75) is 39.0 Å². The average molecular weight is 236 g/mol. The lowest BCUT2D eigenvalue weighted by Crippen LogP contribution is -2.03. The van der Waals surface area contributed by atoms with Crippen LogP contribution in [0.3, 0.4) is 0 Å². The summed E-state index contributed by atoms with van der Waals surface area (Å²) >= 11 is 5.16. The van der Waals surface area contributed by atoms with Gasteiger partial charge in [-0.25, -0.2) is 0 Å². The molecule has 0 unspecified atom stereocenters. The highest BCUT2D eigenvalue weighted by atomic mass is 32.1. The molecule has 0 radical (unpaired) electrons. The Labute approximate surface area is 104 Å². The third-order valence-corrected chi connectivity index (χ3v) is 2.77. The van der Waals surface area contributed by atoms with Crippen molar-refractivity contribution in [2.24, 2.45) is 0 Å². The Kier molecular flexibility index (Phi) is 6.82. The second kappa shape index (κ2) is 8.28. The van der Waals surface area contributed by atoms with Gasteiger partial charge in [0.15, 0.2) is 5.05 Å². The van der Waals surface area contributed by atoms with Crippen molar-refractivity contribution in [2.75, 3.05) is 6.61 Å². The Morgan fingerprint density at radius 3 is 2.62 bits per heavy atom. The number of hydrogen-bond donors (Lipinski definition) is 0. The zero-order chi connectivity index (χ0) is 11.6. The molecule has 0 spiro atoms. The van der Waals surface area contributed by atoms with Gasteiger partial charge in [0.1, 0.15) is 0 Å². The smallest absolute Gasteiger partial charge is 0.159 e. The van der Waals surface area contributed by atoms with Crippen LogP contribution in [-0.4, -0.2) is 11.7 Å². The van der Waals surface area contributed by atoms with Crippen LogP contribution < -0.4 is 0 Å². The first-order valence-corrected chi connectivity index (χ1v) is 6.43. The fraction of sp³-hybridized carbons (Fsp3) is 0.500. The predicted molar refractivity (Wildman–Crippen MR) is 72.8 cm³/mol. The van der Waals surface area contributed by atoms with Crippen molar-refractivity contribution >= 4 is 17.3 Å². The number of benzene rings is 1. The summed E-state index contributed by atoms with van der Waals surface area (Å²) < 4.78 is 5.45. The van der Waals surface area contributed by atoms with E-state index in [1.165, 1.54) is 5.56 Å². The lowest BCUT2D eigenvalue weighted by atomic mass is 10.1. The Bertz CT molecular complexity index is 295. The van der Waals surface area contributed by atoms with Gasteiger partial charge in [-0.05, 0) is 37.0 Å². The summed E-state index contributed by atoms with van der Waals surface area (Å²) in [6.45, 7) is 2.93. The summed E-state index contributed by atoms with van der Waals surface area (Å²) in [5, 5.41) is 0.768. The van der Waals surface area contributed by atoms with E-state index in [4.69, 9.17) is 17.0 Å². The first-order valence-electron chi connectivity index (χ1n) is 6.02. The molecule has 0 saturated heterocycles. The third kappa shape index (κ3) is 5.86. The second-order valence-corrected chi connectivity index (χ2v) is 4.37. The summed E-state index contributed by atoms with van der Waals surface area (Å²) in [6, 6.07) is 10.5. The number of aryl methyl sites for hydroxylation is 1. The summed E-state index contributed by atoms with van der Waals surface area (Å²) in [5.41, 5.74) is 1.37. The van der Waals surface area contributed by atoms with Crippen molar-refractivity contribution in [3.8, 4) is 0 Å². The van der Waals surface area contributed by atoms with Crippen LogP contribution in [0.5, 0.6) is 0 Å². The Balaban J connectivity index is 2.09. The maximum Gasteiger partial charge on any atom is 0.159 e. The molecule has 0 aromatic heterocycles. The molecule has 88 valence electrons. The minimum atomic E-state index is 0.768. The highest BCUT2D eigenvalue weighted by molar-refractivity contribution is 7.80. The van der Waals surface area contributed by atoms with Gasteiger partial charge in [-0.1, -0.05) is 43.7 Å². The lowest BCUT2D eigenvalue weighted by molar-refractivity contribution is 0.296. The Morgan fingerprint density at radius 1 is 1.19 bits per heavy atom. The van der Waals surface area contributed by atoms with Crippen LogP contribution in [0, 0.1) is 0 Å². The van der Waals surface area contributed by atoms with E-state index >= 15 is 0 Å². The number of hydrogen-bond acceptors (Lipinski definition) is 2. The van der Waals surface area contributed by atoms with Crippen LogP contribution in [0.2, 0.25) is 0 Å². The van der Waals surface area contributed by atoms with Gasteiger partial charge < -0.3 is 4.74 Å². The van der Waals surface area contributed by atoms with Crippen LogP contribution in [0.25, 0.3) is 0 Å². The zero-order valence-corrected chi connectivity index (χ0v) is 10.8. The molecule has 16 heavy (non-hydrogen) atoms. The van der Waals surface area contributed by atoms with Crippen molar-refractivity contribution in [1.82, 2.24) is 0 Å². The van der Waals surface area contributed by atoms with Crippen LogP contribution in [-0.2, 0) is 11.2 Å². The zero-order valence-electron chi connectivity index (χ0n) is 9.95. The molecule has 0 N–H and O–H groups in total. The molecular weight excluding hydrogens is 216 g/mol. The highest BCUT2D eigenvalue weighted by Gasteiger charge is 1.98. The molecule has 1 rings (SSSR count). The van der Waals surface area contributed by atoms with Gasteiger partial charge in [0.25, 0.3) is 0 Å². The van der Waals surface area contributed by atoms with Gasteiger partial charge in [-0.3, -0.25) is 0 Å². The number of rotatable bonds is 7. The topological polar surface area (TPSA) is 9.23 Å². The van der Waals surface area contributed by atoms with Gasteiger partial charge in [0.2, 0.25) is 0 Å². The fourth-order valence-corrected chi connectivity index (χ4v) is 1.71. The van der Waals surface area contributed by atoms with E-state index in [0.717, 1.165) is 43.8 Å². The molecule has 0 amide bonds. The molecule has 0 aliphatic heterocycles. The van der Waals surface area contributed by atoms with Crippen molar-refractivity contribution in [3.05, 3.63) is 35.9 Å². The van der Waals surface area contributed by atoms with E-state index in [-0.39, 0.29) is 0 Å². The Morgan fingerprint density at radius 2 is 1.94 bits per heavy atom. The van der Waals surface area contributed by atoms with Gasteiger partial charge in [0.05, 0.1) is 6.61 Å². The first-order chi connectivity index (χ1) is 7.83. The van der Waals surface area contributed by atoms with Gasteiger partial charge >= 0.3 is 0 Å². The molecule has 1 aromatic carbocycles. The fourth-order valence-electron chi connectivity index (χ4n) is 1.48. The second-order valence-electron chi connectivity index (χ2n) is 3.91. The SMILES string of the molecule is CCCCOC(=S)CCCc1ccccc1. The molecule has 0 fully saturated rings. The van der Waals surface area contributed by atoms with Crippen molar-refractivity contribution < 1.29 is 4.74 Å². The minimum Gasteiger partial charge on any atom is -0.487 e. The van der Waals surface area contributed by atoms with E-state index in [1.54, 1.807) is 0 Å². The molecule has 0 heterocycles. The van der Waals surface area contributed by atoms with E-state index in [1.807, 2.05) is 6.07 Å². The number of ether oxygens (including phenoxy) is 1. The molecule has 0 aliphatic carbocycles. The van der Waals surface area contributed by atoms with E-state index in [9.17, 15) is 0 Å². The lowest BCUT2D eigenvalue weighted by Gasteiger charge is -2.06. The molecule has 1 aromatic rings. The predicted octanol–water partition coefficient (Wildman–Crippen LogP) is 4.15. The van der Waals surface area contributed by atoms with Crippen LogP contribution in [0.4, 0.5) is 0 Å². The van der Waals surface area contributed by atoms with Gasteiger partial charge in [-0.15, -0.1) is 0 Å². The Hall–Kier alpha value is -0.890.